The van der Waals surface area contributed by atoms with E-state index in [1.807, 2.05) is 0 Å². The second-order valence-corrected chi connectivity index (χ2v) is 5.48. The van der Waals surface area contributed by atoms with Crippen molar-refractivity contribution in [1.29, 1.82) is 0 Å². The summed E-state index contributed by atoms with van der Waals surface area (Å²) in [6, 6.07) is 0.756. The van der Waals surface area contributed by atoms with Crippen LogP contribution in [0.1, 0.15) is 19.8 Å². The van der Waals surface area contributed by atoms with Crippen molar-refractivity contribution in [3.63, 3.8) is 0 Å². The van der Waals surface area contributed by atoms with Crippen LogP contribution in [0, 0.1) is 0 Å². The van der Waals surface area contributed by atoms with E-state index in [4.69, 9.17) is 0 Å². The molecule has 2 saturated heterocycles. The molecular formula is C13H25N3. The Bertz CT molecular complexity index is 264. The average Bonchev–Trinajstić information content (AvgIpc) is 2.15. The molecular weight excluding hydrogens is 198 g/mol. The molecule has 16 heavy (non-hydrogen) atoms. The number of hydrogen-bond donors (Lipinski definition) is 1. The maximum Gasteiger partial charge on any atom is 0.0217 e. The van der Waals surface area contributed by atoms with E-state index in [9.17, 15) is 0 Å². The summed E-state index contributed by atoms with van der Waals surface area (Å²) in [5.74, 6) is 0. The minimum atomic E-state index is 0.756. The summed E-state index contributed by atoms with van der Waals surface area (Å²) in [6.07, 6.45) is 2.71. The number of piperidine rings is 1. The van der Waals surface area contributed by atoms with Gasteiger partial charge in [0.25, 0.3) is 0 Å². The van der Waals surface area contributed by atoms with Crippen molar-refractivity contribution >= 4 is 0 Å². The normalized spacial score (nSPS) is 27.0. The second kappa shape index (κ2) is 5.30. The van der Waals surface area contributed by atoms with Crippen LogP contribution in [-0.2, 0) is 0 Å². The van der Waals surface area contributed by atoms with Crippen molar-refractivity contribution in [3.8, 4) is 0 Å². The number of likely N-dealkylation sites (N-methyl/N-ethyl adjacent to an activating group) is 1. The van der Waals surface area contributed by atoms with Crippen LogP contribution >= 0.6 is 0 Å². The largest absolute Gasteiger partial charge is 0.309 e. The fraction of sp³-hybridized carbons (Fsp3) is 0.846. The van der Waals surface area contributed by atoms with E-state index in [1.165, 1.54) is 32.5 Å². The van der Waals surface area contributed by atoms with Crippen LogP contribution in [0.5, 0.6) is 0 Å². The van der Waals surface area contributed by atoms with Crippen LogP contribution in [-0.4, -0.2) is 62.7 Å². The van der Waals surface area contributed by atoms with Gasteiger partial charge in [0.1, 0.15) is 0 Å². The van der Waals surface area contributed by atoms with E-state index in [0.29, 0.717) is 0 Å². The zero-order valence-electron chi connectivity index (χ0n) is 10.9. The van der Waals surface area contributed by atoms with Crippen molar-refractivity contribution in [1.82, 2.24) is 15.1 Å². The first-order valence-corrected chi connectivity index (χ1v) is 6.44. The Morgan fingerprint density at radius 2 is 2.19 bits per heavy atom. The van der Waals surface area contributed by atoms with Crippen molar-refractivity contribution in [2.75, 3.05) is 46.8 Å². The predicted molar refractivity (Wildman–Crippen MR) is 68.7 cm³/mol. The molecule has 0 spiro atoms. The average molecular weight is 223 g/mol. The van der Waals surface area contributed by atoms with Crippen molar-refractivity contribution in [2.24, 2.45) is 0 Å². The Balaban J connectivity index is 1.85. The Kier molecular flexibility index (Phi) is 4.00. The lowest BCUT2D eigenvalue weighted by atomic mass is 10.0. The zero-order chi connectivity index (χ0) is 11.5. The topological polar surface area (TPSA) is 18.5 Å². The molecule has 2 aliphatic rings. The van der Waals surface area contributed by atoms with Crippen molar-refractivity contribution < 1.29 is 0 Å². The summed E-state index contributed by atoms with van der Waals surface area (Å²) >= 11 is 0. The SMILES string of the molecule is CC(CN1CCCC(N(C)C)C1)=C1CNC1. The molecule has 0 aromatic rings. The summed E-state index contributed by atoms with van der Waals surface area (Å²) in [5.41, 5.74) is 3.23. The van der Waals surface area contributed by atoms with Crippen molar-refractivity contribution in [3.05, 3.63) is 11.1 Å². The molecule has 0 amide bonds. The molecule has 92 valence electrons. The molecule has 2 rings (SSSR count). The quantitative estimate of drug-likeness (QED) is 0.718. The summed E-state index contributed by atoms with van der Waals surface area (Å²) in [7, 11) is 4.41. The Morgan fingerprint density at radius 3 is 2.75 bits per heavy atom. The molecule has 0 aliphatic carbocycles. The third-order valence-corrected chi connectivity index (χ3v) is 3.95. The van der Waals surface area contributed by atoms with E-state index in [0.717, 1.165) is 19.1 Å². The monoisotopic (exact) mass is 223 g/mol. The molecule has 1 unspecified atom stereocenters. The molecule has 0 aromatic carbocycles. The van der Waals surface area contributed by atoms with Gasteiger partial charge in [-0.05, 0) is 46.0 Å². The lowest BCUT2D eigenvalue weighted by Gasteiger charge is -2.37. The van der Waals surface area contributed by atoms with Crippen LogP contribution < -0.4 is 5.32 Å². The first kappa shape index (κ1) is 12.1. The third kappa shape index (κ3) is 2.84. The minimum absolute atomic E-state index is 0.756. The second-order valence-electron chi connectivity index (χ2n) is 5.48. The first-order valence-electron chi connectivity index (χ1n) is 6.44. The van der Waals surface area contributed by atoms with Crippen LogP contribution in [0.3, 0.4) is 0 Å². The molecule has 3 heteroatoms. The van der Waals surface area contributed by atoms with Gasteiger partial charge >= 0.3 is 0 Å². The fourth-order valence-electron chi connectivity index (χ4n) is 2.60. The van der Waals surface area contributed by atoms with Gasteiger partial charge in [0.2, 0.25) is 0 Å². The number of nitrogens with zero attached hydrogens (tertiary/aromatic N) is 2. The minimum Gasteiger partial charge on any atom is -0.309 e. The van der Waals surface area contributed by atoms with Gasteiger partial charge in [-0.2, -0.15) is 0 Å². The number of hydrogen-bond acceptors (Lipinski definition) is 3. The Labute approximate surface area is 99.5 Å². The highest BCUT2D eigenvalue weighted by Gasteiger charge is 2.22. The highest BCUT2D eigenvalue weighted by molar-refractivity contribution is 5.22. The third-order valence-electron chi connectivity index (χ3n) is 3.95. The lowest BCUT2D eigenvalue weighted by molar-refractivity contribution is 0.141. The van der Waals surface area contributed by atoms with Gasteiger partial charge in [-0.15, -0.1) is 0 Å². The molecule has 1 atom stereocenters. The maximum absolute atomic E-state index is 3.32. The van der Waals surface area contributed by atoms with E-state index in [-0.39, 0.29) is 0 Å². The Morgan fingerprint density at radius 1 is 1.44 bits per heavy atom. The van der Waals surface area contributed by atoms with E-state index in [1.54, 1.807) is 11.1 Å². The van der Waals surface area contributed by atoms with E-state index < -0.39 is 0 Å². The summed E-state index contributed by atoms with van der Waals surface area (Å²) in [6.45, 7) is 8.25. The van der Waals surface area contributed by atoms with Gasteiger partial charge in [-0.1, -0.05) is 5.57 Å². The first-order chi connectivity index (χ1) is 7.66. The number of nitrogens with one attached hydrogen (secondary N) is 1. The van der Waals surface area contributed by atoms with Crippen LogP contribution in [0.2, 0.25) is 0 Å². The molecule has 0 saturated carbocycles. The van der Waals surface area contributed by atoms with Gasteiger partial charge in [0, 0.05) is 32.2 Å². The van der Waals surface area contributed by atoms with Crippen LogP contribution in [0.25, 0.3) is 0 Å². The Hall–Kier alpha value is -0.380. The highest BCUT2D eigenvalue weighted by Crippen LogP contribution is 2.17. The summed E-state index contributed by atoms with van der Waals surface area (Å²) in [5, 5.41) is 3.32. The van der Waals surface area contributed by atoms with Gasteiger partial charge in [0.05, 0.1) is 0 Å². The lowest BCUT2D eigenvalue weighted by Crippen LogP contribution is -2.46. The number of rotatable bonds is 3. The van der Waals surface area contributed by atoms with Crippen LogP contribution in [0.4, 0.5) is 0 Å². The molecule has 0 aromatic heterocycles. The van der Waals surface area contributed by atoms with E-state index in [2.05, 4.69) is 36.1 Å². The smallest absolute Gasteiger partial charge is 0.0217 e. The molecule has 2 aliphatic heterocycles. The van der Waals surface area contributed by atoms with Crippen molar-refractivity contribution in [2.45, 2.75) is 25.8 Å². The molecule has 2 fully saturated rings. The molecule has 3 nitrogen and oxygen atoms in total. The number of likely N-dealkylation sites (tertiary alicyclic amines) is 1. The van der Waals surface area contributed by atoms with Gasteiger partial charge in [0.15, 0.2) is 0 Å². The molecule has 0 bridgehead atoms. The fourth-order valence-corrected chi connectivity index (χ4v) is 2.60. The highest BCUT2D eigenvalue weighted by atomic mass is 15.2. The predicted octanol–water partition coefficient (Wildman–Crippen LogP) is 0.932. The molecule has 2 heterocycles. The van der Waals surface area contributed by atoms with Gasteiger partial charge in [-0.25, -0.2) is 0 Å². The zero-order valence-corrected chi connectivity index (χ0v) is 10.9. The summed E-state index contributed by atoms with van der Waals surface area (Å²) in [4.78, 5) is 4.99. The molecule has 0 radical (unpaired) electrons. The standard InChI is InChI=1S/C13H25N3/c1-11(12-7-14-8-12)9-16-6-4-5-13(10-16)15(2)3/h13-14H,4-10H2,1-3H3. The molecule has 1 N–H and O–H groups in total. The van der Waals surface area contributed by atoms with Gasteiger partial charge in [-0.3, -0.25) is 4.90 Å². The maximum atomic E-state index is 3.32. The van der Waals surface area contributed by atoms with E-state index >= 15 is 0 Å². The van der Waals surface area contributed by atoms with Crippen LogP contribution in [0.15, 0.2) is 11.1 Å². The van der Waals surface area contributed by atoms with Gasteiger partial charge < -0.3 is 10.2 Å². The summed E-state index contributed by atoms with van der Waals surface area (Å²) < 4.78 is 0.